The predicted molar refractivity (Wildman–Crippen MR) is 105 cm³/mol. The number of nitrogens with zero attached hydrogens (tertiary/aromatic N) is 2. The molecule has 2 N–H and O–H groups in total. The molecule has 1 unspecified atom stereocenters. The normalized spacial score (nSPS) is 37.7. The van der Waals surface area contributed by atoms with Crippen LogP contribution in [0.5, 0.6) is 5.75 Å². The largest absolute Gasteiger partial charge is 0.506 e. The van der Waals surface area contributed by atoms with Crippen LogP contribution in [-0.4, -0.2) is 46.6 Å². The lowest BCUT2D eigenvalue weighted by molar-refractivity contribution is 0.0946. The Bertz CT molecular complexity index is 1480. The molecule has 0 bridgehead atoms. The SMILES string of the molecule is [2H]c1sc2c(c1[2H])c(O)c(C(=O)N([2H])CCCN1C([2H])([2H])C([2H])([2H])C([2H])([2H])C([2H])([2H])C1([2H])[2H])c(=O)n2C([2H])(C)C([2H])([2H])[2H]. The molecule has 3 heterocycles. The fraction of sp³-hybridized carbons (Fsp3) is 0.579. The third kappa shape index (κ3) is 3.78. The van der Waals surface area contributed by atoms with Gasteiger partial charge < -0.3 is 15.3 Å². The summed E-state index contributed by atoms with van der Waals surface area (Å²) < 4.78 is 136. The molecular weight excluding hydrogens is 350 g/mol. The van der Waals surface area contributed by atoms with Crippen molar-refractivity contribution in [1.29, 1.82) is 0 Å². The van der Waals surface area contributed by atoms with Crippen LogP contribution in [0.1, 0.15) is 77.6 Å². The number of hydrogen-bond donors (Lipinski definition) is 2. The van der Waals surface area contributed by atoms with Crippen molar-refractivity contribution < 1.29 is 33.2 Å². The minimum absolute atomic E-state index is 0.0541. The lowest BCUT2D eigenvalue weighted by Crippen LogP contribution is -2.36. The van der Waals surface area contributed by atoms with Gasteiger partial charge in [0.25, 0.3) is 11.5 Å². The molecule has 2 aromatic rings. The Morgan fingerprint density at radius 3 is 3.08 bits per heavy atom. The maximum Gasteiger partial charge on any atom is 0.268 e. The number of pyridine rings is 1. The number of likely N-dealkylation sites (tertiary alicyclic amines) is 1. The Balaban J connectivity index is 2.02. The van der Waals surface area contributed by atoms with Crippen LogP contribution in [0.3, 0.4) is 0 Å². The van der Waals surface area contributed by atoms with Crippen LogP contribution in [0, 0.1) is 0 Å². The molecule has 1 atom stereocenters. The monoisotopic (exact) mass is 394 g/mol. The molecule has 142 valence electrons. The van der Waals surface area contributed by atoms with Gasteiger partial charge in [-0.2, -0.15) is 0 Å². The molecule has 0 radical (unpaired) electrons. The van der Waals surface area contributed by atoms with Crippen molar-refractivity contribution in [2.45, 2.75) is 45.3 Å². The highest BCUT2D eigenvalue weighted by Gasteiger charge is 2.23. The number of nitrogens with one attached hydrogen (secondary N) is 1. The van der Waals surface area contributed by atoms with Crippen LogP contribution < -0.4 is 10.9 Å². The first-order valence-corrected chi connectivity index (χ1v) is 8.33. The summed E-state index contributed by atoms with van der Waals surface area (Å²) in [7, 11) is 0. The first-order chi connectivity index (χ1) is 19.0. The van der Waals surface area contributed by atoms with Crippen molar-refractivity contribution in [2.24, 2.45) is 0 Å². The van der Waals surface area contributed by atoms with Gasteiger partial charge in [0.1, 0.15) is 16.1 Å². The summed E-state index contributed by atoms with van der Waals surface area (Å²) >= 11 is 0.410. The topological polar surface area (TPSA) is 74.6 Å². The number of thiophene rings is 1. The highest BCUT2D eigenvalue weighted by molar-refractivity contribution is 7.16. The first kappa shape index (κ1) is 6.95. The summed E-state index contributed by atoms with van der Waals surface area (Å²) in [4.78, 5) is 26.3. The molecule has 0 aliphatic carbocycles. The van der Waals surface area contributed by atoms with E-state index in [1.165, 1.54) is 0 Å². The number of piperidine rings is 1. The second-order valence-corrected chi connectivity index (χ2v) is 6.04. The molecule has 3 rings (SSSR count). The second-order valence-electron chi connectivity index (χ2n) is 5.25. The van der Waals surface area contributed by atoms with Crippen LogP contribution in [0.4, 0.5) is 0 Å². The summed E-state index contributed by atoms with van der Waals surface area (Å²) in [5, 5.41) is 9.75. The molecule has 1 fully saturated rings. The molecule has 1 aliphatic rings. The van der Waals surface area contributed by atoms with Gasteiger partial charge in [-0.1, -0.05) is 6.37 Å². The van der Waals surface area contributed by atoms with Gasteiger partial charge >= 0.3 is 0 Å². The molecule has 1 saturated heterocycles. The number of amides is 1. The van der Waals surface area contributed by atoms with Gasteiger partial charge in [0, 0.05) is 30.4 Å². The number of carbonyl (C=O) groups excluding carboxylic acids is 1. The van der Waals surface area contributed by atoms with Crippen LogP contribution in [0.25, 0.3) is 10.2 Å². The van der Waals surface area contributed by atoms with Gasteiger partial charge in [0.15, 0.2) is 1.41 Å². The van der Waals surface area contributed by atoms with Crippen LogP contribution >= 0.6 is 11.3 Å². The predicted octanol–water partition coefficient (Wildman–Crippen LogP) is 2.96. The zero-order valence-corrected chi connectivity index (χ0v) is 14.5. The van der Waals surface area contributed by atoms with E-state index in [0.717, 1.165) is 6.92 Å². The van der Waals surface area contributed by atoms with E-state index < -0.39 is 109 Å². The lowest BCUT2D eigenvalue weighted by Gasteiger charge is -2.26. The van der Waals surface area contributed by atoms with Gasteiger partial charge in [-0.05, 0) is 63.9 Å². The van der Waals surface area contributed by atoms with Crippen molar-refractivity contribution in [1.82, 2.24) is 14.8 Å². The third-order valence-corrected chi connectivity index (χ3v) is 4.27. The third-order valence-electron chi connectivity index (χ3n) is 3.48. The van der Waals surface area contributed by atoms with Crippen molar-refractivity contribution in [3.8, 4) is 5.75 Å². The highest BCUT2D eigenvalue weighted by atomic mass is 32.1. The van der Waals surface area contributed by atoms with Gasteiger partial charge in [0.05, 0.1) is 9.50 Å². The van der Waals surface area contributed by atoms with E-state index >= 15 is 0 Å². The number of carbonyl (C=O) groups is 1. The fourth-order valence-corrected chi connectivity index (χ4v) is 3.14. The maximum absolute atomic E-state index is 13.4. The average Bonchev–Trinajstić information content (AvgIpc) is 3.12. The molecule has 7 heteroatoms. The molecule has 1 amide bonds. The zero-order chi connectivity index (χ0) is 33.7. The average molecular weight is 395 g/mol. The summed E-state index contributed by atoms with van der Waals surface area (Å²) in [6.45, 7) is -10.8. The molecule has 1 aliphatic heterocycles. The van der Waals surface area contributed by atoms with Crippen LogP contribution in [0.15, 0.2) is 16.2 Å². The summed E-state index contributed by atoms with van der Waals surface area (Å²) in [5.74, 6) is -2.71. The maximum atomic E-state index is 13.4. The summed E-state index contributed by atoms with van der Waals surface area (Å²) in [5.41, 5.74) is -2.73. The molecule has 0 spiro atoms. The quantitative estimate of drug-likeness (QED) is 0.790. The van der Waals surface area contributed by atoms with E-state index in [1.54, 1.807) is 0 Å². The smallest absolute Gasteiger partial charge is 0.268 e. The standard InChI is InChI=1S/C19H27N3O3S/c1-13(2)22-18(25)15(16(23)14-7-12-26-19(14)22)17(24)20-8-6-11-21-9-4-3-5-10-21/h7,12-13,23H,3-6,8-11H2,1-2H3,(H,20,24)/i1D3,3D2,4D2,5D2,7D,9D2,10D2,12D,13D/hD. The Kier molecular flexibility index (Phi) is 2.20. The number of aromatic nitrogens is 1. The van der Waals surface area contributed by atoms with Crippen molar-refractivity contribution >= 4 is 27.5 Å². The first-order valence-electron chi connectivity index (χ1n) is 16.0. The van der Waals surface area contributed by atoms with E-state index in [-0.39, 0.29) is 10.2 Å². The van der Waals surface area contributed by atoms with Crippen LogP contribution in [0.2, 0.25) is 1.41 Å². The van der Waals surface area contributed by atoms with E-state index in [1.807, 2.05) is 0 Å². The van der Waals surface area contributed by atoms with Crippen molar-refractivity contribution in [3.05, 3.63) is 27.3 Å². The van der Waals surface area contributed by atoms with Crippen LogP contribution in [-0.2, 0) is 0 Å². The Morgan fingerprint density at radius 2 is 2.35 bits per heavy atom. The van der Waals surface area contributed by atoms with Gasteiger partial charge in [-0.15, -0.1) is 11.3 Å². The molecule has 26 heavy (non-hydrogen) atoms. The molecule has 2 aromatic heterocycles. The summed E-state index contributed by atoms with van der Waals surface area (Å²) in [6.07, 6.45) is -11.3. The molecule has 0 aromatic carbocycles. The zero-order valence-electron chi connectivity index (χ0n) is 30.6. The Hall–Kier alpha value is -1.86. The van der Waals surface area contributed by atoms with E-state index in [2.05, 4.69) is 0 Å². The lowest BCUT2D eigenvalue weighted by atomic mass is 10.1. The van der Waals surface area contributed by atoms with Gasteiger partial charge in [-0.25, -0.2) is 0 Å². The fourth-order valence-electron chi connectivity index (χ4n) is 2.33. The number of rotatable bonds is 6. The van der Waals surface area contributed by atoms with Gasteiger partial charge in [-0.3, -0.25) is 14.2 Å². The Morgan fingerprint density at radius 1 is 1.58 bits per heavy atom. The number of fused-ring (bicyclic) bond motifs is 1. The van der Waals surface area contributed by atoms with E-state index in [4.69, 9.17) is 23.3 Å². The van der Waals surface area contributed by atoms with E-state index in [0.29, 0.717) is 15.9 Å². The van der Waals surface area contributed by atoms with Gasteiger partial charge in [0.2, 0.25) is 0 Å². The number of aromatic hydroxyl groups is 1. The second kappa shape index (κ2) is 8.22. The molecule has 0 saturated carbocycles. The minimum Gasteiger partial charge on any atom is -0.506 e. The Labute approximate surface area is 181 Å². The highest BCUT2D eigenvalue weighted by Crippen LogP contribution is 2.31. The number of hydrogen-bond acceptors (Lipinski definition) is 5. The molecular formula is C19H27N3O3S. The van der Waals surface area contributed by atoms with Crippen molar-refractivity contribution in [2.75, 3.05) is 26.1 Å². The summed E-state index contributed by atoms with van der Waals surface area (Å²) in [6, 6.07) is -3.45. The van der Waals surface area contributed by atoms with E-state index in [9.17, 15) is 14.7 Å². The molecule has 6 nitrogen and oxygen atoms in total. The van der Waals surface area contributed by atoms with Crippen molar-refractivity contribution in [3.63, 3.8) is 0 Å². The minimum atomic E-state index is -3.63.